The van der Waals surface area contributed by atoms with Crippen molar-refractivity contribution in [1.82, 2.24) is 0 Å². The number of hydrogen-bond acceptors (Lipinski definition) is 3. The monoisotopic (exact) mass is 440 g/mol. The molecule has 0 aromatic heterocycles. The molecule has 0 amide bonds. The highest BCUT2D eigenvalue weighted by atomic mass is 16.5. The summed E-state index contributed by atoms with van der Waals surface area (Å²) in [6.07, 6.45) is 25.7. The molecule has 0 aliphatic carbocycles. The van der Waals surface area contributed by atoms with E-state index in [1.807, 2.05) is 6.92 Å². The van der Waals surface area contributed by atoms with E-state index in [4.69, 9.17) is 9.84 Å². The van der Waals surface area contributed by atoms with E-state index in [1.165, 1.54) is 109 Å². The Hall–Kier alpha value is -1.06. The molecule has 0 saturated heterocycles. The summed E-state index contributed by atoms with van der Waals surface area (Å²) < 4.78 is 5.23. The summed E-state index contributed by atoms with van der Waals surface area (Å²) in [6, 6.07) is 0. The molecular formula is C27H52O4. The number of aliphatic carboxylic acids is 1. The Bertz CT molecular complexity index is 408. The first-order valence-electron chi connectivity index (χ1n) is 13.5. The molecule has 1 unspecified atom stereocenters. The summed E-state index contributed by atoms with van der Waals surface area (Å²) in [4.78, 5) is 22.5. The normalized spacial score (nSPS) is 12.1. The van der Waals surface area contributed by atoms with E-state index in [0.29, 0.717) is 12.8 Å². The van der Waals surface area contributed by atoms with Crippen LogP contribution in [0.15, 0.2) is 0 Å². The maximum atomic E-state index is 11.8. The number of carbonyl (C=O) groups excluding carboxylic acids is 1. The number of hydrogen-bond donors (Lipinski definition) is 1. The first kappa shape index (κ1) is 29.9. The van der Waals surface area contributed by atoms with Crippen molar-refractivity contribution in [1.29, 1.82) is 0 Å². The maximum absolute atomic E-state index is 11.8. The van der Waals surface area contributed by atoms with E-state index in [9.17, 15) is 9.59 Å². The largest absolute Gasteiger partial charge is 0.481 e. The van der Waals surface area contributed by atoms with E-state index in [1.54, 1.807) is 0 Å². The molecule has 4 nitrogen and oxygen atoms in total. The van der Waals surface area contributed by atoms with Gasteiger partial charge in [0.05, 0.1) is 6.42 Å². The second-order valence-corrected chi connectivity index (χ2v) is 9.23. The molecule has 1 atom stereocenters. The number of rotatable bonds is 24. The Morgan fingerprint density at radius 2 is 0.968 bits per heavy atom. The zero-order valence-electron chi connectivity index (χ0n) is 20.8. The third-order valence-corrected chi connectivity index (χ3v) is 6.14. The molecular weight excluding hydrogens is 388 g/mol. The Kier molecular flexibility index (Phi) is 22.8. The highest BCUT2D eigenvalue weighted by Gasteiger charge is 2.15. The van der Waals surface area contributed by atoms with Gasteiger partial charge in [0.15, 0.2) is 0 Å². The zero-order chi connectivity index (χ0) is 23.0. The summed E-state index contributed by atoms with van der Waals surface area (Å²) in [7, 11) is 0. The first-order valence-corrected chi connectivity index (χ1v) is 13.5. The van der Waals surface area contributed by atoms with Crippen LogP contribution >= 0.6 is 0 Å². The number of carboxylic acids is 1. The van der Waals surface area contributed by atoms with E-state index < -0.39 is 12.1 Å². The Morgan fingerprint density at radius 1 is 0.613 bits per heavy atom. The van der Waals surface area contributed by atoms with Gasteiger partial charge in [-0.2, -0.15) is 0 Å². The van der Waals surface area contributed by atoms with Gasteiger partial charge in [0.25, 0.3) is 0 Å². The van der Waals surface area contributed by atoms with Crippen LogP contribution in [0.4, 0.5) is 0 Å². The SMILES string of the molecule is CCCCCCCCCCCCCCCCCCCCCC(=O)OC(CC)CC(=O)O. The second kappa shape index (κ2) is 23.6. The van der Waals surface area contributed by atoms with Gasteiger partial charge >= 0.3 is 11.9 Å². The molecule has 0 radical (unpaired) electrons. The summed E-state index contributed by atoms with van der Waals surface area (Å²) in [5.74, 6) is -1.16. The van der Waals surface area contributed by atoms with Gasteiger partial charge in [-0.1, -0.05) is 129 Å². The number of unbranched alkanes of at least 4 members (excludes halogenated alkanes) is 18. The number of ether oxygens (including phenoxy) is 1. The lowest BCUT2D eigenvalue weighted by molar-refractivity contribution is -0.153. The van der Waals surface area contributed by atoms with Crippen LogP contribution in [0.5, 0.6) is 0 Å². The Labute approximate surface area is 192 Å². The molecule has 1 N–H and O–H groups in total. The quantitative estimate of drug-likeness (QED) is 0.120. The fourth-order valence-corrected chi connectivity index (χ4v) is 4.06. The molecule has 4 heteroatoms. The summed E-state index contributed by atoms with van der Waals surface area (Å²) in [5, 5.41) is 8.78. The van der Waals surface area contributed by atoms with Crippen molar-refractivity contribution in [2.45, 2.75) is 161 Å². The van der Waals surface area contributed by atoms with Gasteiger partial charge in [-0.3, -0.25) is 9.59 Å². The minimum Gasteiger partial charge on any atom is -0.481 e. The van der Waals surface area contributed by atoms with Gasteiger partial charge < -0.3 is 9.84 Å². The minimum absolute atomic E-state index is 0.0958. The third-order valence-electron chi connectivity index (χ3n) is 6.14. The van der Waals surface area contributed by atoms with E-state index >= 15 is 0 Å². The van der Waals surface area contributed by atoms with Crippen molar-refractivity contribution in [3.05, 3.63) is 0 Å². The van der Waals surface area contributed by atoms with Gasteiger partial charge in [-0.25, -0.2) is 0 Å². The second-order valence-electron chi connectivity index (χ2n) is 9.23. The van der Waals surface area contributed by atoms with Crippen LogP contribution in [0, 0.1) is 0 Å². The molecule has 31 heavy (non-hydrogen) atoms. The highest BCUT2D eigenvalue weighted by molar-refractivity contribution is 5.71. The standard InChI is InChI=1S/C27H52O4/c1-3-5-6-7-8-9-10-11-12-13-14-15-16-17-18-19-20-21-22-23-27(30)31-25(4-2)24-26(28)29/h25H,3-24H2,1-2H3,(H,28,29). The van der Waals surface area contributed by atoms with Crippen molar-refractivity contribution in [3.63, 3.8) is 0 Å². The Balaban J connectivity index is 3.24. The van der Waals surface area contributed by atoms with Gasteiger partial charge in [0, 0.05) is 6.42 Å². The number of esters is 1. The molecule has 0 spiro atoms. The molecule has 0 aliphatic heterocycles. The van der Waals surface area contributed by atoms with Crippen LogP contribution in [-0.2, 0) is 14.3 Å². The van der Waals surface area contributed by atoms with Crippen molar-refractivity contribution >= 4 is 11.9 Å². The Morgan fingerprint density at radius 3 is 1.29 bits per heavy atom. The average Bonchev–Trinajstić information content (AvgIpc) is 2.74. The van der Waals surface area contributed by atoms with E-state index in [-0.39, 0.29) is 12.4 Å². The van der Waals surface area contributed by atoms with Crippen molar-refractivity contribution in [3.8, 4) is 0 Å². The van der Waals surface area contributed by atoms with Gasteiger partial charge in [0.2, 0.25) is 0 Å². The van der Waals surface area contributed by atoms with Crippen LogP contribution in [0.3, 0.4) is 0 Å². The fraction of sp³-hybridized carbons (Fsp3) is 0.926. The molecule has 0 heterocycles. The topological polar surface area (TPSA) is 63.6 Å². The van der Waals surface area contributed by atoms with Crippen LogP contribution in [-0.4, -0.2) is 23.1 Å². The smallest absolute Gasteiger partial charge is 0.307 e. The first-order chi connectivity index (χ1) is 15.1. The molecule has 0 saturated carbocycles. The lowest BCUT2D eigenvalue weighted by Crippen LogP contribution is -2.20. The van der Waals surface area contributed by atoms with Crippen molar-refractivity contribution in [2.75, 3.05) is 0 Å². The zero-order valence-corrected chi connectivity index (χ0v) is 20.8. The highest BCUT2D eigenvalue weighted by Crippen LogP contribution is 2.15. The van der Waals surface area contributed by atoms with Crippen molar-refractivity contribution < 1.29 is 19.4 Å². The van der Waals surface area contributed by atoms with Crippen LogP contribution in [0.1, 0.15) is 155 Å². The van der Waals surface area contributed by atoms with E-state index in [0.717, 1.165) is 12.8 Å². The minimum atomic E-state index is -0.914. The molecule has 0 aromatic carbocycles. The van der Waals surface area contributed by atoms with Gasteiger partial charge in [-0.15, -0.1) is 0 Å². The van der Waals surface area contributed by atoms with Gasteiger partial charge in [0.1, 0.15) is 6.10 Å². The van der Waals surface area contributed by atoms with E-state index in [2.05, 4.69) is 6.92 Å². The van der Waals surface area contributed by atoms with Crippen molar-refractivity contribution in [2.24, 2.45) is 0 Å². The van der Waals surface area contributed by atoms with Crippen LogP contribution in [0.2, 0.25) is 0 Å². The molecule has 0 aromatic rings. The molecule has 184 valence electrons. The maximum Gasteiger partial charge on any atom is 0.307 e. The third kappa shape index (κ3) is 23.4. The summed E-state index contributed by atoms with van der Waals surface area (Å²) in [6.45, 7) is 4.12. The predicted octanol–water partition coefficient (Wildman–Crippen LogP) is 8.60. The lowest BCUT2D eigenvalue weighted by Gasteiger charge is -2.13. The summed E-state index contributed by atoms with van der Waals surface area (Å²) >= 11 is 0. The molecule has 0 aliphatic rings. The van der Waals surface area contributed by atoms with Crippen LogP contribution in [0.25, 0.3) is 0 Å². The molecule has 0 rings (SSSR count). The predicted molar refractivity (Wildman–Crippen MR) is 130 cm³/mol. The fourth-order valence-electron chi connectivity index (χ4n) is 4.06. The lowest BCUT2D eigenvalue weighted by atomic mass is 10.0. The molecule has 0 bridgehead atoms. The summed E-state index contributed by atoms with van der Waals surface area (Å²) in [5.41, 5.74) is 0. The van der Waals surface area contributed by atoms with Crippen LogP contribution < -0.4 is 0 Å². The average molecular weight is 441 g/mol. The number of carboxylic acid groups (broad SMARTS) is 1. The molecule has 0 fully saturated rings. The number of carbonyl (C=O) groups is 2. The van der Waals surface area contributed by atoms with Gasteiger partial charge in [-0.05, 0) is 12.8 Å².